The lowest BCUT2D eigenvalue weighted by Gasteiger charge is -1.89. The number of aromatic amines is 1. The van der Waals surface area contributed by atoms with Gasteiger partial charge in [-0.3, -0.25) is 0 Å². The van der Waals surface area contributed by atoms with Gasteiger partial charge in [-0.15, -0.1) is 11.3 Å². The first kappa shape index (κ1) is 10.3. The summed E-state index contributed by atoms with van der Waals surface area (Å²) in [4.78, 5) is 15.8. The van der Waals surface area contributed by atoms with Crippen molar-refractivity contribution in [1.29, 1.82) is 0 Å². The van der Waals surface area contributed by atoms with Crippen molar-refractivity contribution in [2.45, 2.75) is 0 Å². The molecule has 0 aliphatic rings. The van der Waals surface area contributed by atoms with Crippen molar-refractivity contribution in [3.05, 3.63) is 29.1 Å². The van der Waals surface area contributed by atoms with E-state index in [4.69, 9.17) is 0 Å². The first-order valence-corrected chi connectivity index (χ1v) is 6.18. The number of nitrogens with zero attached hydrogens (tertiary/aromatic N) is 3. The molecule has 1 N–H and O–H groups in total. The fourth-order valence-electron chi connectivity index (χ4n) is 1.57. The number of aliphatic imine (C=N–C) groups is 1. The summed E-state index contributed by atoms with van der Waals surface area (Å²) in [5.41, 5.74) is 5.20. The van der Waals surface area contributed by atoms with Crippen LogP contribution in [0.5, 0.6) is 0 Å². The molecule has 0 amide bonds. The number of fused-ring (bicyclic) bond motifs is 1. The fourth-order valence-corrected chi connectivity index (χ4v) is 2.21. The lowest BCUT2D eigenvalue weighted by Crippen LogP contribution is -1.77. The molecule has 0 saturated heterocycles. The van der Waals surface area contributed by atoms with Crippen LogP contribution in [0.4, 0.5) is 5.69 Å². The third kappa shape index (κ3) is 1.89. The molecule has 0 atom stereocenters. The molecule has 0 aliphatic carbocycles. The molecule has 4 nitrogen and oxygen atoms in total. The van der Waals surface area contributed by atoms with Crippen LogP contribution in [0.25, 0.3) is 22.6 Å². The van der Waals surface area contributed by atoms with Gasteiger partial charge in [0.2, 0.25) is 0 Å². The van der Waals surface area contributed by atoms with Crippen LogP contribution >= 0.6 is 23.6 Å². The third-order valence-corrected chi connectivity index (χ3v) is 2.99. The molecule has 0 unspecified atom stereocenters. The zero-order valence-electron chi connectivity index (χ0n) is 8.54. The Balaban J connectivity index is 2.16. The van der Waals surface area contributed by atoms with Crippen molar-refractivity contribution < 1.29 is 0 Å². The third-order valence-electron chi connectivity index (χ3n) is 2.32. The molecule has 17 heavy (non-hydrogen) atoms. The van der Waals surface area contributed by atoms with E-state index in [0.29, 0.717) is 0 Å². The number of H-pyrrole nitrogens is 1. The maximum atomic E-state index is 4.58. The largest absolute Gasteiger partial charge is 0.337 e. The van der Waals surface area contributed by atoms with Gasteiger partial charge in [-0.1, -0.05) is 0 Å². The van der Waals surface area contributed by atoms with Gasteiger partial charge in [0.1, 0.15) is 5.69 Å². The van der Waals surface area contributed by atoms with Crippen LogP contribution in [0.2, 0.25) is 0 Å². The van der Waals surface area contributed by atoms with Crippen molar-refractivity contribution >= 4 is 45.4 Å². The van der Waals surface area contributed by atoms with Crippen molar-refractivity contribution in [1.82, 2.24) is 15.0 Å². The van der Waals surface area contributed by atoms with Gasteiger partial charge in [-0.05, 0) is 30.4 Å². The predicted octanol–water partition coefficient (Wildman–Crippen LogP) is 3.42. The zero-order chi connectivity index (χ0) is 11.7. The molecule has 0 radical (unpaired) electrons. The average molecular weight is 258 g/mol. The lowest BCUT2D eigenvalue weighted by atomic mass is 10.3. The van der Waals surface area contributed by atoms with Gasteiger partial charge >= 0.3 is 0 Å². The van der Waals surface area contributed by atoms with E-state index in [2.05, 4.69) is 37.3 Å². The molecule has 0 saturated carbocycles. The van der Waals surface area contributed by atoms with Crippen molar-refractivity contribution in [3.8, 4) is 11.5 Å². The quantitative estimate of drug-likeness (QED) is 0.566. The first-order chi connectivity index (χ1) is 8.36. The monoisotopic (exact) mass is 258 g/mol. The number of rotatable bonds is 2. The van der Waals surface area contributed by atoms with Crippen LogP contribution in [0.15, 0.2) is 34.1 Å². The molecule has 3 aromatic rings. The number of thiocarbonyl (C=S) groups is 1. The van der Waals surface area contributed by atoms with Crippen molar-refractivity contribution in [2.75, 3.05) is 0 Å². The minimum atomic E-state index is 0.765. The van der Waals surface area contributed by atoms with Crippen LogP contribution in [0.1, 0.15) is 0 Å². The van der Waals surface area contributed by atoms with E-state index in [1.165, 1.54) is 0 Å². The summed E-state index contributed by atoms with van der Waals surface area (Å²) in [5, 5.41) is 4.30. The second-order valence-corrected chi connectivity index (χ2v) is 4.26. The highest BCUT2D eigenvalue weighted by atomic mass is 32.1. The van der Waals surface area contributed by atoms with E-state index >= 15 is 0 Å². The predicted molar refractivity (Wildman–Crippen MR) is 71.9 cm³/mol. The number of hydrogen-bond acceptors (Lipinski definition) is 5. The van der Waals surface area contributed by atoms with Gasteiger partial charge in [0.05, 0.1) is 27.4 Å². The van der Waals surface area contributed by atoms with Crippen molar-refractivity contribution in [3.63, 3.8) is 0 Å². The molecular weight excluding hydrogens is 252 g/mol. The summed E-state index contributed by atoms with van der Waals surface area (Å²) in [7, 11) is 0. The molecule has 2 aromatic heterocycles. The summed E-state index contributed by atoms with van der Waals surface area (Å²) in [6.45, 7) is 0. The Kier molecular flexibility index (Phi) is 2.53. The van der Waals surface area contributed by atoms with E-state index in [0.717, 1.165) is 28.2 Å². The van der Waals surface area contributed by atoms with Gasteiger partial charge < -0.3 is 4.98 Å². The molecule has 3 rings (SSSR count). The number of aromatic nitrogens is 3. The van der Waals surface area contributed by atoms with E-state index < -0.39 is 0 Å². The SMILES string of the molecule is S=C=Nc1ccc2nc(-c3cscn3)[nH]c2c1. The molecule has 0 bridgehead atoms. The van der Waals surface area contributed by atoms with Crippen LogP contribution in [0, 0.1) is 0 Å². The Morgan fingerprint density at radius 1 is 1.41 bits per heavy atom. The highest BCUT2D eigenvalue weighted by Crippen LogP contribution is 2.23. The molecule has 2 heterocycles. The maximum absolute atomic E-state index is 4.58. The maximum Gasteiger partial charge on any atom is 0.158 e. The molecular formula is C11H6N4S2. The summed E-state index contributed by atoms with van der Waals surface area (Å²) in [5.74, 6) is 0.768. The fraction of sp³-hybridized carbons (Fsp3) is 0. The minimum absolute atomic E-state index is 0.765. The van der Waals surface area contributed by atoms with Gasteiger partial charge in [0.25, 0.3) is 0 Å². The van der Waals surface area contributed by atoms with Gasteiger partial charge in [-0.2, -0.15) is 4.99 Å². The van der Waals surface area contributed by atoms with Gasteiger partial charge in [-0.25, -0.2) is 9.97 Å². The first-order valence-electron chi connectivity index (χ1n) is 4.83. The van der Waals surface area contributed by atoms with E-state index in [1.807, 2.05) is 23.6 Å². The minimum Gasteiger partial charge on any atom is -0.337 e. The summed E-state index contributed by atoms with van der Waals surface area (Å²) in [6.07, 6.45) is 0. The van der Waals surface area contributed by atoms with Crippen LogP contribution in [-0.4, -0.2) is 20.1 Å². The number of imidazole rings is 1. The summed E-state index contributed by atoms with van der Waals surface area (Å²) < 4.78 is 0. The van der Waals surface area contributed by atoms with Gasteiger partial charge in [0.15, 0.2) is 5.82 Å². The number of isothiocyanates is 1. The smallest absolute Gasteiger partial charge is 0.158 e. The standard InChI is InChI=1S/C11H6N4S2/c16-5-12-7-1-2-8-9(3-7)15-11(14-8)10-4-17-6-13-10/h1-4,6H,(H,14,15). The highest BCUT2D eigenvalue weighted by molar-refractivity contribution is 7.78. The van der Waals surface area contributed by atoms with E-state index in [-0.39, 0.29) is 0 Å². The molecule has 1 aromatic carbocycles. The highest BCUT2D eigenvalue weighted by Gasteiger charge is 2.06. The Labute approximate surface area is 106 Å². The Morgan fingerprint density at radius 3 is 3.12 bits per heavy atom. The molecule has 0 aliphatic heterocycles. The Bertz CT molecular complexity index is 708. The van der Waals surface area contributed by atoms with Gasteiger partial charge in [0, 0.05) is 5.38 Å². The molecule has 0 fully saturated rings. The Hall–Kier alpha value is -1.88. The van der Waals surface area contributed by atoms with Crippen LogP contribution < -0.4 is 0 Å². The zero-order valence-corrected chi connectivity index (χ0v) is 10.2. The van der Waals surface area contributed by atoms with Crippen LogP contribution in [-0.2, 0) is 0 Å². The second kappa shape index (κ2) is 4.18. The number of thiazole rings is 1. The summed E-state index contributed by atoms with van der Waals surface area (Å²) >= 11 is 6.12. The lowest BCUT2D eigenvalue weighted by molar-refractivity contribution is 1.27. The van der Waals surface area contributed by atoms with Crippen molar-refractivity contribution in [2.24, 2.45) is 4.99 Å². The number of nitrogens with one attached hydrogen (secondary N) is 1. The van der Waals surface area contributed by atoms with E-state index in [1.54, 1.807) is 16.8 Å². The average Bonchev–Trinajstić information content (AvgIpc) is 2.97. The number of benzene rings is 1. The molecule has 6 heteroatoms. The molecule has 0 spiro atoms. The molecule has 82 valence electrons. The second-order valence-electron chi connectivity index (χ2n) is 3.36. The summed E-state index contributed by atoms with van der Waals surface area (Å²) in [6, 6.07) is 5.64. The normalized spacial score (nSPS) is 10.4. The Morgan fingerprint density at radius 2 is 2.35 bits per heavy atom. The number of hydrogen-bond donors (Lipinski definition) is 1. The topological polar surface area (TPSA) is 53.9 Å². The van der Waals surface area contributed by atoms with Crippen LogP contribution in [0.3, 0.4) is 0 Å². The van der Waals surface area contributed by atoms with E-state index in [9.17, 15) is 0 Å².